The molecule has 0 aromatic carbocycles. The Morgan fingerprint density at radius 1 is 1.36 bits per heavy atom. The van der Waals surface area contributed by atoms with Crippen LogP contribution in [0.1, 0.15) is 38.5 Å². The molecular weight excluding hydrogens is 176 g/mol. The van der Waals surface area contributed by atoms with Gasteiger partial charge in [0.15, 0.2) is 0 Å². The maximum Gasteiger partial charge on any atom is 0.223 e. The normalized spacial score (nSPS) is 24.9. The van der Waals surface area contributed by atoms with Crippen molar-refractivity contribution in [1.29, 1.82) is 0 Å². The first-order valence-electron chi connectivity index (χ1n) is 5.74. The molecule has 1 amide bonds. The van der Waals surface area contributed by atoms with Gasteiger partial charge in [0.2, 0.25) is 5.91 Å². The molecule has 2 saturated carbocycles. The molecule has 0 radical (unpaired) electrons. The van der Waals surface area contributed by atoms with Gasteiger partial charge in [-0.3, -0.25) is 4.79 Å². The van der Waals surface area contributed by atoms with E-state index in [1.165, 1.54) is 25.7 Å². The molecule has 0 aliphatic heterocycles. The first-order valence-corrected chi connectivity index (χ1v) is 5.74. The molecule has 0 heterocycles. The molecule has 14 heavy (non-hydrogen) atoms. The Morgan fingerprint density at radius 2 is 2.00 bits per heavy atom. The molecule has 2 aliphatic rings. The van der Waals surface area contributed by atoms with Gasteiger partial charge in [0.1, 0.15) is 0 Å². The van der Waals surface area contributed by atoms with Crippen LogP contribution in [0.4, 0.5) is 0 Å². The van der Waals surface area contributed by atoms with Crippen LogP contribution >= 0.6 is 0 Å². The van der Waals surface area contributed by atoms with Gasteiger partial charge in [0.25, 0.3) is 0 Å². The fraction of sp³-hybridized carbons (Fsp3) is 0.909. The van der Waals surface area contributed by atoms with Crippen molar-refractivity contribution in [3.63, 3.8) is 0 Å². The van der Waals surface area contributed by atoms with Gasteiger partial charge < -0.3 is 11.1 Å². The number of hydrogen-bond donors (Lipinski definition) is 2. The minimum absolute atomic E-state index is 0.227. The zero-order valence-corrected chi connectivity index (χ0v) is 8.72. The smallest absolute Gasteiger partial charge is 0.223 e. The lowest BCUT2D eigenvalue weighted by Gasteiger charge is -2.27. The van der Waals surface area contributed by atoms with Crippen molar-refractivity contribution >= 4 is 5.91 Å². The number of nitrogens with two attached hydrogens (primary N) is 1. The summed E-state index contributed by atoms with van der Waals surface area (Å²) in [6.45, 7) is 1.52. The molecule has 0 aromatic heterocycles. The highest BCUT2D eigenvalue weighted by Crippen LogP contribution is 2.37. The van der Waals surface area contributed by atoms with E-state index in [9.17, 15) is 4.79 Å². The average Bonchev–Trinajstić information content (AvgIpc) is 2.95. The van der Waals surface area contributed by atoms with Gasteiger partial charge in [0, 0.05) is 12.5 Å². The highest BCUT2D eigenvalue weighted by Gasteiger charge is 2.35. The predicted octanol–water partition coefficient (Wildman–Crippen LogP) is 1.03. The Labute approximate surface area is 85.4 Å². The SMILES string of the molecule is NCC1(CNC(=O)C2CC2)CCCC1. The maximum atomic E-state index is 11.5. The highest BCUT2D eigenvalue weighted by atomic mass is 16.2. The van der Waals surface area contributed by atoms with Gasteiger partial charge in [-0.25, -0.2) is 0 Å². The summed E-state index contributed by atoms with van der Waals surface area (Å²) >= 11 is 0. The lowest BCUT2D eigenvalue weighted by molar-refractivity contribution is -0.122. The molecule has 3 N–H and O–H groups in total. The van der Waals surface area contributed by atoms with Crippen LogP contribution in [0.3, 0.4) is 0 Å². The van der Waals surface area contributed by atoms with Crippen molar-refractivity contribution in [1.82, 2.24) is 5.32 Å². The zero-order valence-electron chi connectivity index (χ0n) is 8.72. The summed E-state index contributed by atoms with van der Waals surface area (Å²) in [6.07, 6.45) is 7.10. The number of carbonyl (C=O) groups is 1. The molecule has 0 spiro atoms. The lowest BCUT2D eigenvalue weighted by Crippen LogP contribution is -2.41. The number of hydrogen-bond acceptors (Lipinski definition) is 2. The molecule has 80 valence electrons. The van der Waals surface area contributed by atoms with E-state index in [0.717, 1.165) is 25.9 Å². The predicted molar refractivity (Wildman–Crippen MR) is 55.7 cm³/mol. The molecule has 0 aromatic rings. The average molecular weight is 196 g/mol. The minimum atomic E-state index is 0.227. The number of amides is 1. The Hall–Kier alpha value is -0.570. The van der Waals surface area contributed by atoms with Crippen molar-refractivity contribution in [3.05, 3.63) is 0 Å². The summed E-state index contributed by atoms with van der Waals surface area (Å²) in [7, 11) is 0. The van der Waals surface area contributed by atoms with Crippen molar-refractivity contribution in [3.8, 4) is 0 Å². The van der Waals surface area contributed by atoms with Crippen molar-refractivity contribution in [2.45, 2.75) is 38.5 Å². The van der Waals surface area contributed by atoms with E-state index in [4.69, 9.17) is 5.73 Å². The van der Waals surface area contributed by atoms with Gasteiger partial charge >= 0.3 is 0 Å². The van der Waals surface area contributed by atoms with Crippen LogP contribution in [0.2, 0.25) is 0 Å². The van der Waals surface area contributed by atoms with E-state index in [0.29, 0.717) is 5.92 Å². The van der Waals surface area contributed by atoms with Crippen LogP contribution in [0.5, 0.6) is 0 Å². The van der Waals surface area contributed by atoms with Crippen molar-refractivity contribution < 1.29 is 4.79 Å². The summed E-state index contributed by atoms with van der Waals surface area (Å²) in [6, 6.07) is 0. The first kappa shape index (κ1) is 9.97. The quantitative estimate of drug-likeness (QED) is 0.705. The molecule has 0 saturated heterocycles. The molecule has 3 nitrogen and oxygen atoms in total. The van der Waals surface area contributed by atoms with E-state index < -0.39 is 0 Å². The van der Waals surface area contributed by atoms with Gasteiger partial charge in [-0.1, -0.05) is 12.8 Å². The fourth-order valence-corrected chi connectivity index (χ4v) is 2.34. The second-order valence-corrected chi connectivity index (χ2v) is 4.90. The summed E-state index contributed by atoms with van der Waals surface area (Å²) in [5, 5.41) is 3.06. The second kappa shape index (κ2) is 3.89. The third-order valence-corrected chi connectivity index (χ3v) is 3.68. The standard InChI is InChI=1S/C11H20N2O/c12-7-11(5-1-2-6-11)8-13-10(14)9-3-4-9/h9H,1-8,12H2,(H,13,14). The Balaban J connectivity index is 1.79. The monoisotopic (exact) mass is 196 g/mol. The molecule has 3 heteroatoms. The molecule has 0 unspecified atom stereocenters. The zero-order chi connectivity index (χ0) is 10.0. The molecule has 2 fully saturated rings. The Morgan fingerprint density at radius 3 is 2.50 bits per heavy atom. The molecular formula is C11H20N2O. The van der Waals surface area contributed by atoms with E-state index in [1.807, 2.05) is 0 Å². The van der Waals surface area contributed by atoms with Crippen LogP contribution in [-0.2, 0) is 4.79 Å². The van der Waals surface area contributed by atoms with E-state index in [1.54, 1.807) is 0 Å². The van der Waals surface area contributed by atoms with Gasteiger partial charge in [-0.2, -0.15) is 0 Å². The molecule has 2 rings (SSSR count). The van der Waals surface area contributed by atoms with Gasteiger partial charge in [-0.05, 0) is 37.6 Å². The third-order valence-electron chi connectivity index (χ3n) is 3.68. The summed E-state index contributed by atoms with van der Waals surface area (Å²) < 4.78 is 0. The number of carbonyl (C=O) groups excluding carboxylic acids is 1. The Kier molecular flexibility index (Phi) is 2.77. The van der Waals surface area contributed by atoms with Crippen LogP contribution in [0, 0.1) is 11.3 Å². The second-order valence-electron chi connectivity index (χ2n) is 4.90. The third kappa shape index (κ3) is 2.08. The first-order chi connectivity index (χ1) is 6.76. The fourth-order valence-electron chi connectivity index (χ4n) is 2.34. The van der Waals surface area contributed by atoms with Crippen LogP contribution in [0.25, 0.3) is 0 Å². The van der Waals surface area contributed by atoms with Gasteiger partial charge in [-0.15, -0.1) is 0 Å². The number of rotatable bonds is 4. The Bertz CT molecular complexity index is 217. The molecule has 0 bridgehead atoms. The lowest BCUT2D eigenvalue weighted by atomic mass is 9.86. The summed E-state index contributed by atoms with van der Waals surface area (Å²) in [5.41, 5.74) is 6.02. The topological polar surface area (TPSA) is 55.1 Å². The minimum Gasteiger partial charge on any atom is -0.355 e. The number of nitrogens with one attached hydrogen (secondary N) is 1. The van der Waals surface area contributed by atoms with E-state index in [-0.39, 0.29) is 11.3 Å². The van der Waals surface area contributed by atoms with Crippen molar-refractivity contribution in [2.75, 3.05) is 13.1 Å². The summed E-state index contributed by atoms with van der Waals surface area (Å²) in [5.74, 6) is 0.580. The van der Waals surface area contributed by atoms with E-state index in [2.05, 4.69) is 5.32 Å². The molecule has 2 aliphatic carbocycles. The summed E-state index contributed by atoms with van der Waals surface area (Å²) in [4.78, 5) is 11.5. The largest absolute Gasteiger partial charge is 0.355 e. The van der Waals surface area contributed by atoms with Gasteiger partial charge in [0.05, 0.1) is 0 Å². The van der Waals surface area contributed by atoms with Crippen LogP contribution in [0.15, 0.2) is 0 Å². The van der Waals surface area contributed by atoms with Crippen LogP contribution < -0.4 is 11.1 Å². The maximum absolute atomic E-state index is 11.5. The van der Waals surface area contributed by atoms with Crippen LogP contribution in [-0.4, -0.2) is 19.0 Å². The van der Waals surface area contributed by atoms with E-state index >= 15 is 0 Å². The molecule has 0 atom stereocenters. The highest BCUT2D eigenvalue weighted by molar-refractivity contribution is 5.80. The van der Waals surface area contributed by atoms with Crippen molar-refractivity contribution in [2.24, 2.45) is 17.1 Å².